The molecule has 132 valence electrons. The molecule has 0 aliphatic carbocycles. The molecule has 0 unspecified atom stereocenters. The predicted molar refractivity (Wildman–Crippen MR) is 98.4 cm³/mol. The van der Waals surface area contributed by atoms with Gasteiger partial charge < -0.3 is 15.3 Å². The lowest BCUT2D eigenvalue weighted by Gasteiger charge is -2.31. The summed E-state index contributed by atoms with van der Waals surface area (Å²) in [6, 6.07) is 10.1. The van der Waals surface area contributed by atoms with Crippen LogP contribution in [-0.4, -0.2) is 34.1 Å². The standard InChI is InChI=1S/C19H24N4O2/c1-13(2)15-5-3-4-6-16(15)22-17-11-18(21-12-20-17)23-9-7-14(8-10-23)19(24)25/h3-6,11-14H,7-10H2,1-2H3,(H,24,25)(H,20,21,22). The van der Waals surface area contributed by atoms with Crippen LogP contribution in [0.3, 0.4) is 0 Å². The summed E-state index contributed by atoms with van der Waals surface area (Å²) in [4.78, 5) is 21.9. The maximum absolute atomic E-state index is 11.1. The lowest BCUT2D eigenvalue weighted by Crippen LogP contribution is -2.36. The van der Waals surface area contributed by atoms with Gasteiger partial charge >= 0.3 is 5.97 Å². The van der Waals surface area contributed by atoms with E-state index in [1.807, 2.05) is 18.2 Å². The number of aromatic nitrogens is 2. The average molecular weight is 340 g/mol. The molecule has 2 aromatic rings. The highest BCUT2D eigenvalue weighted by atomic mass is 16.4. The minimum absolute atomic E-state index is 0.242. The normalized spacial score (nSPS) is 15.4. The van der Waals surface area contributed by atoms with Crippen molar-refractivity contribution < 1.29 is 9.90 Å². The summed E-state index contributed by atoms with van der Waals surface area (Å²) < 4.78 is 0. The van der Waals surface area contributed by atoms with Crippen molar-refractivity contribution in [1.82, 2.24) is 9.97 Å². The van der Waals surface area contributed by atoms with Crippen molar-refractivity contribution in [2.24, 2.45) is 5.92 Å². The van der Waals surface area contributed by atoms with E-state index in [1.165, 1.54) is 5.56 Å². The third-order valence-electron chi connectivity index (χ3n) is 4.67. The number of para-hydroxylation sites is 1. The molecule has 0 saturated carbocycles. The van der Waals surface area contributed by atoms with Gasteiger partial charge in [-0.25, -0.2) is 9.97 Å². The van der Waals surface area contributed by atoms with Crippen molar-refractivity contribution in [2.75, 3.05) is 23.3 Å². The second-order valence-electron chi connectivity index (χ2n) is 6.73. The van der Waals surface area contributed by atoms with Crippen LogP contribution < -0.4 is 10.2 Å². The summed E-state index contributed by atoms with van der Waals surface area (Å²) in [5.41, 5.74) is 2.29. The van der Waals surface area contributed by atoms with Crippen LogP contribution in [0.25, 0.3) is 0 Å². The van der Waals surface area contributed by atoms with Gasteiger partial charge in [0.15, 0.2) is 0 Å². The van der Waals surface area contributed by atoms with Gasteiger partial charge in [-0.1, -0.05) is 32.0 Å². The third-order valence-corrected chi connectivity index (χ3v) is 4.67. The lowest BCUT2D eigenvalue weighted by atomic mass is 9.97. The first-order chi connectivity index (χ1) is 12.0. The summed E-state index contributed by atoms with van der Waals surface area (Å²) in [6.45, 7) is 5.74. The van der Waals surface area contributed by atoms with Crippen LogP contribution in [0.4, 0.5) is 17.3 Å². The minimum atomic E-state index is -0.699. The zero-order chi connectivity index (χ0) is 17.8. The van der Waals surface area contributed by atoms with E-state index >= 15 is 0 Å². The van der Waals surface area contributed by atoms with Crippen molar-refractivity contribution in [3.63, 3.8) is 0 Å². The number of anilines is 3. The molecule has 0 amide bonds. The van der Waals surface area contributed by atoms with Crippen molar-refractivity contribution in [1.29, 1.82) is 0 Å². The monoisotopic (exact) mass is 340 g/mol. The molecule has 3 rings (SSSR count). The topological polar surface area (TPSA) is 78.4 Å². The largest absolute Gasteiger partial charge is 0.481 e. The highest BCUT2D eigenvalue weighted by Crippen LogP contribution is 2.28. The predicted octanol–water partition coefficient (Wildman–Crippen LogP) is 3.64. The molecule has 0 atom stereocenters. The van der Waals surface area contributed by atoms with Crippen LogP contribution in [0.2, 0.25) is 0 Å². The Bertz CT molecular complexity index is 740. The molecule has 6 nitrogen and oxygen atoms in total. The molecule has 0 bridgehead atoms. The Morgan fingerprint density at radius 2 is 1.96 bits per heavy atom. The fraction of sp³-hybridized carbons (Fsp3) is 0.421. The first kappa shape index (κ1) is 17.2. The van der Waals surface area contributed by atoms with Gasteiger partial charge in [-0.3, -0.25) is 4.79 Å². The average Bonchev–Trinajstić information content (AvgIpc) is 2.62. The number of rotatable bonds is 5. The van der Waals surface area contributed by atoms with E-state index in [0.717, 1.165) is 17.3 Å². The van der Waals surface area contributed by atoms with E-state index in [2.05, 4.69) is 46.2 Å². The summed E-state index contributed by atoms with van der Waals surface area (Å²) in [5, 5.41) is 12.5. The second kappa shape index (κ2) is 7.51. The number of carbonyl (C=O) groups is 1. The minimum Gasteiger partial charge on any atom is -0.481 e. The molecule has 1 aromatic carbocycles. The summed E-state index contributed by atoms with van der Waals surface area (Å²) >= 11 is 0. The van der Waals surface area contributed by atoms with Gasteiger partial charge in [-0.15, -0.1) is 0 Å². The van der Waals surface area contributed by atoms with Gasteiger partial charge in [-0.05, 0) is 30.4 Å². The molecular formula is C19H24N4O2. The van der Waals surface area contributed by atoms with E-state index in [4.69, 9.17) is 5.11 Å². The molecule has 1 saturated heterocycles. The zero-order valence-electron chi connectivity index (χ0n) is 14.6. The molecule has 0 radical (unpaired) electrons. The Morgan fingerprint density at radius 3 is 2.64 bits per heavy atom. The van der Waals surface area contributed by atoms with Gasteiger partial charge in [0, 0.05) is 24.8 Å². The molecular weight excluding hydrogens is 316 g/mol. The number of nitrogens with zero attached hydrogens (tertiary/aromatic N) is 3. The first-order valence-corrected chi connectivity index (χ1v) is 8.70. The SMILES string of the molecule is CC(C)c1ccccc1Nc1cc(N2CCC(C(=O)O)CC2)ncn1. The molecule has 25 heavy (non-hydrogen) atoms. The van der Waals surface area contributed by atoms with E-state index in [0.29, 0.717) is 31.8 Å². The van der Waals surface area contributed by atoms with E-state index in [9.17, 15) is 4.79 Å². The number of aliphatic carboxylic acids is 1. The molecule has 1 aliphatic rings. The summed E-state index contributed by atoms with van der Waals surface area (Å²) in [5.74, 6) is 1.06. The van der Waals surface area contributed by atoms with Gasteiger partial charge in [0.2, 0.25) is 0 Å². The van der Waals surface area contributed by atoms with Crippen molar-refractivity contribution in [2.45, 2.75) is 32.6 Å². The number of nitrogens with one attached hydrogen (secondary N) is 1. The van der Waals surface area contributed by atoms with E-state index in [-0.39, 0.29) is 5.92 Å². The van der Waals surface area contributed by atoms with Crippen LogP contribution in [0, 0.1) is 5.92 Å². The van der Waals surface area contributed by atoms with Gasteiger partial charge in [0.25, 0.3) is 0 Å². The van der Waals surface area contributed by atoms with Gasteiger partial charge in [0.05, 0.1) is 5.92 Å². The number of carboxylic acids is 1. The highest BCUT2D eigenvalue weighted by Gasteiger charge is 2.25. The molecule has 1 aliphatic heterocycles. The third kappa shape index (κ3) is 4.07. The maximum atomic E-state index is 11.1. The highest BCUT2D eigenvalue weighted by molar-refractivity contribution is 5.70. The van der Waals surface area contributed by atoms with Crippen molar-refractivity contribution in [3.8, 4) is 0 Å². The van der Waals surface area contributed by atoms with Gasteiger partial charge in [0.1, 0.15) is 18.0 Å². The van der Waals surface area contributed by atoms with Crippen LogP contribution in [-0.2, 0) is 4.79 Å². The quantitative estimate of drug-likeness (QED) is 0.865. The number of hydrogen-bond acceptors (Lipinski definition) is 5. The summed E-state index contributed by atoms with van der Waals surface area (Å²) in [6.07, 6.45) is 2.86. The summed E-state index contributed by atoms with van der Waals surface area (Å²) in [7, 11) is 0. The first-order valence-electron chi connectivity index (χ1n) is 8.70. The Labute approximate surface area is 147 Å². The molecule has 6 heteroatoms. The number of carboxylic acid groups (broad SMARTS) is 1. The van der Waals surface area contributed by atoms with Crippen molar-refractivity contribution in [3.05, 3.63) is 42.2 Å². The Kier molecular flexibility index (Phi) is 5.16. The number of piperidine rings is 1. The van der Waals surface area contributed by atoms with Gasteiger partial charge in [-0.2, -0.15) is 0 Å². The fourth-order valence-corrected chi connectivity index (χ4v) is 3.20. The molecule has 0 spiro atoms. The Hall–Kier alpha value is -2.63. The smallest absolute Gasteiger partial charge is 0.306 e. The van der Waals surface area contributed by atoms with Crippen molar-refractivity contribution >= 4 is 23.3 Å². The fourth-order valence-electron chi connectivity index (χ4n) is 3.20. The van der Waals surface area contributed by atoms with E-state index in [1.54, 1.807) is 6.33 Å². The molecule has 2 heterocycles. The molecule has 1 aromatic heterocycles. The van der Waals surface area contributed by atoms with Crippen LogP contribution in [0.1, 0.15) is 38.2 Å². The van der Waals surface area contributed by atoms with E-state index < -0.39 is 5.97 Å². The maximum Gasteiger partial charge on any atom is 0.306 e. The Morgan fingerprint density at radius 1 is 1.24 bits per heavy atom. The lowest BCUT2D eigenvalue weighted by molar-refractivity contribution is -0.142. The van der Waals surface area contributed by atoms with Crippen LogP contribution >= 0.6 is 0 Å². The Balaban J connectivity index is 1.74. The van der Waals surface area contributed by atoms with Crippen LogP contribution in [0.15, 0.2) is 36.7 Å². The zero-order valence-corrected chi connectivity index (χ0v) is 14.6. The van der Waals surface area contributed by atoms with Crippen LogP contribution in [0.5, 0.6) is 0 Å². The number of hydrogen-bond donors (Lipinski definition) is 2. The molecule has 2 N–H and O–H groups in total. The number of benzene rings is 1. The molecule has 1 fully saturated rings. The second-order valence-corrected chi connectivity index (χ2v) is 6.73.